The van der Waals surface area contributed by atoms with Gasteiger partial charge in [-0.1, -0.05) is 31.2 Å². The average molecular weight is 268 g/mol. The fraction of sp³-hybridized carbons (Fsp3) is 0.294. The Morgan fingerprint density at radius 2 is 1.75 bits per heavy atom. The SMILES string of the molecule is CCc1ccc(C(=O)C(C)NCc2ccncc2)cc1. The molecule has 0 aliphatic rings. The number of aryl methyl sites for hydroxylation is 1. The maximum atomic E-state index is 12.3. The maximum absolute atomic E-state index is 12.3. The molecule has 0 saturated heterocycles. The first-order chi connectivity index (χ1) is 9.70. The van der Waals surface area contributed by atoms with Crippen LogP contribution in [0, 0.1) is 0 Å². The molecule has 2 rings (SSSR count). The van der Waals surface area contributed by atoms with E-state index in [2.05, 4.69) is 17.2 Å². The van der Waals surface area contributed by atoms with Crippen molar-refractivity contribution in [3.63, 3.8) is 0 Å². The lowest BCUT2D eigenvalue weighted by Gasteiger charge is -2.13. The predicted molar refractivity (Wildman–Crippen MR) is 80.7 cm³/mol. The summed E-state index contributed by atoms with van der Waals surface area (Å²) in [5, 5.41) is 3.25. The van der Waals surface area contributed by atoms with Crippen molar-refractivity contribution in [2.24, 2.45) is 0 Å². The molecule has 0 saturated carbocycles. The van der Waals surface area contributed by atoms with E-state index >= 15 is 0 Å². The Balaban J connectivity index is 1.94. The molecule has 0 radical (unpaired) electrons. The number of nitrogens with zero attached hydrogens (tertiary/aromatic N) is 1. The fourth-order valence-electron chi connectivity index (χ4n) is 2.02. The van der Waals surface area contributed by atoms with Gasteiger partial charge in [0.2, 0.25) is 0 Å². The third-order valence-corrected chi connectivity index (χ3v) is 3.40. The molecule has 1 aromatic heterocycles. The van der Waals surface area contributed by atoms with Crippen molar-refractivity contribution in [3.05, 3.63) is 65.5 Å². The van der Waals surface area contributed by atoms with Crippen LogP contribution in [0.2, 0.25) is 0 Å². The lowest BCUT2D eigenvalue weighted by Crippen LogP contribution is -2.33. The van der Waals surface area contributed by atoms with Crippen molar-refractivity contribution in [2.45, 2.75) is 32.9 Å². The Morgan fingerprint density at radius 3 is 2.35 bits per heavy atom. The van der Waals surface area contributed by atoms with Gasteiger partial charge in [0, 0.05) is 24.5 Å². The normalized spacial score (nSPS) is 12.1. The van der Waals surface area contributed by atoms with Crippen molar-refractivity contribution < 1.29 is 4.79 Å². The van der Waals surface area contributed by atoms with Crippen LogP contribution in [0.1, 0.15) is 35.3 Å². The molecular formula is C17H20N2O. The first-order valence-electron chi connectivity index (χ1n) is 6.96. The largest absolute Gasteiger partial charge is 0.303 e. The number of carbonyl (C=O) groups is 1. The highest BCUT2D eigenvalue weighted by Gasteiger charge is 2.14. The van der Waals surface area contributed by atoms with E-state index in [1.165, 1.54) is 5.56 Å². The van der Waals surface area contributed by atoms with Crippen molar-refractivity contribution in [1.82, 2.24) is 10.3 Å². The molecule has 20 heavy (non-hydrogen) atoms. The Bertz CT molecular complexity index is 549. The zero-order chi connectivity index (χ0) is 14.4. The fourth-order valence-corrected chi connectivity index (χ4v) is 2.02. The number of rotatable bonds is 6. The van der Waals surface area contributed by atoms with Crippen LogP contribution in [0.15, 0.2) is 48.8 Å². The highest BCUT2D eigenvalue weighted by atomic mass is 16.1. The van der Waals surface area contributed by atoms with Crippen LogP contribution in [0.3, 0.4) is 0 Å². The van der Waals surface area contributed by atoms with E-state index in [0.29, 0.717) is 6.54 Å². The van der Waals surface area contributed by atoms with E-state index in [-0.39, 0.29) is 11.8 Å². The first kappa shape index (κ1) is 14.4. The van der Waals surface area contributed by atoms with Gasteiger partial charge in [-0.2, -0.15) is 0 Å². The van der Waals surface area contributed by atoms with Gasteiger partial charge in [0.05, 0.1) is 6.04 Å². The molecule has 0 aliphatic heterocycles. The predicted octanol–water partition coefficient (Wildman–Crippen LogP) is 3.01. The van der Waals surface area contributed by atoms with E-state index in [9.17, 15) is 4.79 Å². The van der Waals surface area contributed by atoms with E-state index in [4.69, 9.17) is 0 Å². The summed E-state index contributed by atoms with van der Waals surface area (Å²) in [5.41, 5.74) is 3.14. The number of hydrogen-bond acceptors (Lipinski definition) is 3. The summed E-state index contributed by atoms with van der Waals surface area (Å²) < 4.78 is 0. The minimum absolute atomic E-state index is 0.127. The van der Waals surface area contributed by atoms with Gasteiger partial charge in [-0.05, 0) is 36.6 Å². The van der Waals surface area contributed by atoms with Crippen LogP contribution in [-0.2, 0) is 13.0 Å². The van der Waals surface area contributed by atoms with Gasteiger partial charge in [-0.3, -0.25) is 9.78 Å². The van der Waals surface area contributed by atoms with Gasteiger partial charge in [-0.15, -0.1) is 0 Å². The summed E-state index contributed by atoms with van der Waals surface area (Å²) in [6.45, 7) is 4.68. The van der Waals surface area contributed by atoms with Crippen molar-refractivity contribution >= 4 is 5.78 Å². The number of ketones is 1. The van der Waals surface area contributed by atoms with Gasteiger partial charge >= 0.3 is 0 Å². The molecule has 1 N–H and O–H groups in total. The summed E-state index contributed by atoms with van der Waals surface area (Å²) in [7, 11) is 0. The zero-order valence-electron chi connectivity index (χ0n) is 12.0. The Kier molecular flexibility index (Phi) is 5.02. The number of Topliss-reactive ketones (excluding diaryl/α,β-unsaturated/α-hetero) is 1. The molecule has 3 nitrogen and oxygen atoms in total. The van der Waals surface area contributed by atoms with E-state index in [1.807, 2.05) is 43.3 Å². The molecule has 0 bridgehead atoms. The number of hydrogen-bond donors (Lipinski definition) is 1. The van der Waals surface area contributed by atoms with Gasteiger partial charge in [0.25, 0.3) is 0 Å². The monoisotopic (exact) mass is 268 g/mol. The standard InChI is InChI=1S/C17H20N2O/c1-3-14-4-6-16(7-5-14)17(20)13(2)19-12-15-8-10-18-11-9-15/h4-11,13,19H,3,12H2,1-2H3. The Hall–Kier alpha value is -2.00. The molecule has 0 aliphatic carbocycles. The summed E-state index contributed by atoms with van der Waals surface area (Å²) in [6.07, 6.45) is 4.50. The highest BCUT2D eigenvalue weighted by molar-refractivity contribution is 5.99. The van der Waals surface area contributed by atoms with Gasteiger partial charge in [0.1, 0.15) is 0 Å². The van der Waals surface area contributed by atoms with E-state index in [1.54, 1.807) is 12.4 Å². The molecule has 3 heteroatoms. The summed E-state index contributed by atoms with van der Waals surface area (Å²) in [4.78, 5) is 16.3. The molecule has 0 amide bonds. The topological polar surface area (TPSA) is 42.0 Å². The second kappa shape index (κ2) is 6.96. The summed E-state index contributed by atoms with van der Waals surface area (Å²) in [5.74, 6) is 0.127. The van der Waals surface area contributed by atoms with Gasteiger partial charge in [-0.25, -0.2) is 0 Å². The molecule has 1 heterocycles. The number of nitrogens with one attached hydrogen (secondary N) is 1. The molecule has 0 fully saturated rings. The van der Waals surface area contributed by atoms with E-state index in [0.717, 1.165) is 17.5 Å². The zero-order valence-corrected chi connectivity index (χ0v) is 12.0. The van der Waals surface area contributed by atoms with Crippen molar-refractivity contribution in [2.75, 3.05) is 0 Å². The summed E-state index contributed by atoms with van der Waals surface area (Å²) >= 11 is 0. The Morgan fingerprint density at radius 1 is 1.10 bits per heavy atom. The van der Waals surface area contributed by atoms with Crippen LogP contribution in [-0.4, -0.2) is 16.8 Å². The lowest BCUT2D eigenvalue weighted by atomic mass is 10.0. The third-order valence-electron chi connectivity index (χ3n) is 3.40. The van der Waals surface area contributed by atoms with Crippen molar-refractivity contribution in [1.29, 1.82) is 0 Å². The van der Waals surface area contributed by atoms with E-state index < -0.39 is 0 Å². The van der Waals surface area contributed by atoms with Gasteiger partial charge in [0.15, 0.2) is 5.78 Å². The molecule has 104 valence electrons. The lowest BCUT2D eigenvalue weighted by molar-refractivity contribution is 0.0950. The van der Waals surface area contributed by atoms with Crippen LogP contribution < -0.4 is 5.32 Å². The third kappa shape index (κ3) is 3.75. The van der Waals surface area contributed by atoms with Crippen LogP contribution in [0.4, 0.5) is 0 Å². The van der Waals surface area contributed by atoms with Crippen LogP contribution in [0.25, 0.3) is 0 Å². The molecule has 2 aromatic rings. The van der Waals surface area contributed by atoms with Crippen LogP contribution >= 0.6 is 0 Å². The molecule has 1 unspecified atom stereocenters. The minimum atomic E-state index is -0.198. The maximum Gasteiger partial charge on any atom is 0.179 e. The quantitative estimate of drug-likeness (QED) is 0.819. The molecule has 1 atom stereocenters. The minimum Gasteiger partial charge on any atom is -0.303 e. The first-order valence-corrected chi connectivity index (χ1v) is 6.96. The smallest absolute Gasteiger partial charge is 0.179 e. The number of carbonyl (C=O) groups excluding carboxylic acids is 1. The molecule has 0 spiro atoms. The molecular weight excluding hydrogens is 248 g/mol. The summed E-state index contributed by atoms with van der Waals surface area (Å²) in [6, 6.07) is 11.5. The highest BCUT2D eigenvalue weighted by Crippen LogP contribution is 2.08. The van der Waals surface area contributed by atoms with Crippen LogP contribution in [0.5, 0.6) is 0 Å². The second-order valence-corrected chi connectivity index (χ2v) is 4.87. The average Bonchev–Trinajstić information content (AvgIpc) is 2.53. The van der Waals surface area contributed by atoms with Crippen molar-refractivity contribution in [3.8, 4) is 0 Å². The second-order valence-electron chi connectivity index (χ2n) is 4.87. The number of pyridine rings is 1. The number of benzene rings is 1. The molecule has 1 aromatic carbocycles. The van der Waals surface area contributed by atoms with Gasteiger partial charge < -0.3 is 5.32 Å². The Labute approximate surface area is 120 Å². The number of aromatic nitrogens is 1.